The Morgan fingerprint density at radius 3 is 2.67 bits per heavy atom. The molecule has 1 aliphatic rings. The van der Waals surface area contributed by atoms with Crippen LogP contribution in [0.5, 0.6) is 0 Å². The first kappa shape index (κ1) is 10.0. The molecule has 0 bridgehead atoms. The fourth-order valence-corrected chi connectivity index (χ4v) is 2.06. The number of likely N-dealkylation sites (tertiary alicyclic amines) is 1. The van der Waals surface area contributed by atoms with E-state index in [1.54, 1.807) is 0 Å². The predicted octanol–water partition coefficient (Wildman–Crippen LogP) is 1.90. The van der Waals surface area contributed by atoms with E-state index in [0.717, 1.165) is 6.61 Å². The van der Waals surface area contributed by atoms with E-state index in [1.165, 1.54) is 19.4 Å². The second-order valence-electron chi connectivity index (χ2n) is 3.98. The summed E-state index contributed by atoms with van der Waals surface area (Å²) in [5.41, 5.74) is 0.274. The maximum atomic E-state index is 5.66. The largest absolute Gasteiger partial charge is 0.377 e. The summed E-state index contributed by atoms with van der Waals surface area (Å²) in [4.78, 5) is 2.42. The van der Waals surface area contributed by atoms with Gasteiger partial charge in [0, 0.05) is 12.1 Å². The van der Waals surface area contributed by atoms with Crippen molar-refractivity contribution in [1.29, 1.82) is 0 Å². The van der Waals surface area contributed by atoms with Crippen LogP contribution in [0.3, 0.4) is 0 Å². The van der Waals surface area contributed by atoms with Gasteiger partial charge in [-0.1, -0.05) is 0 Å². The van der Waals surface area contributed by atoms with E-state index in [2.05, 4.69) is 32.7 Å². The van der Waals surface area contributed by atoms with Crippen LogP contribution in [0.4, 0.5) is 0 Å². The van der Waals surface area contributed by atoms with Crippen molar-refractivity contribution in [2.75, 3.05) is 20.2 Å². The Morgan fingerprint density at radius 2 is 2.25 bits per heavy atom. The minimum Gasteiger partial charge on any atom is -0.377 e. The second-order valence-corrected chi connectivity index (χ2v) is 3.98. The van der Waals surface area contributed by atoms with Gasteiger partial charge in [-0.15, -0.1) is 0 Å². The highest BCUT2D eigenvalue weighted by Gasteiger charge is 2.39. The van der Waals surface area contributed by atoms with Crippen LogP contribution in [-0.2, 0) is 4.74 Å². The molecule has 0 aromatic rings. The molecular formula is C10H21NO. The SMILES string of the molecule is CCO[C@@H](C)[C@]1(C)CCCN1C. The molecule has 1 heterocycles. The van der Waals surface area contributed by atoms with Gasteiger partial charge in [0.05, 0.1) is 6.10 Å². The number of likely N-dealkylation sites (N-methyl/N-ethyl adjacent to an activating group) is 1. The van der Waals surface area contributed by atoms with Gasteiger partial charge in [-0.25, -0.2) is 0 Å². The van der Waals surface area contributed by atoms with Gasteiger partial charge >= 0.3 is 0 Å². The number of hydrogen-bond donors (Lipinski definition) is 0. The van der Waals surface area contributed by atoms with Crippen molar-refractivity contribution in [3.63, 3.8) is 0 Å². The third-order valence-electron chi connectivity index (χ3n) is 3.34. The molecule has 72 valence electrons. The van der Waals surface area contributed by atoms with E-state index in [-0.39, 0.29) is 5.54 Å². The third kappa shape index (κ3) is 1.64. The van der Waals surface area contributed by atoms with Gasteiger partial charge in [0.15, 0.2) is 0 Å². The molecule has 2 nitrogen and oxygen atoms in total. The van der Waals surface area contributed by atoms with E-state index in [0.29, 0.717) is 6.10 Å². The fraction of sp³-hybridized carbons (Fsp3) is 1.00. The first-order valence-corrected chi connectivity index (χ1v) is 4.94. The summed E-state index contributed by atoms with van der Waals surface area (Å²) < 4.78 is 5.66. The molecule has 0 aliphatic carbocycles. The zero-order valence-corrected chi connectivity index (χ0v) is 8.76. The lowest BCUT2D eigenvalue weighted by Gasteiger charge is -2.37. The molecule has 0 amide bonds. The van der Waals surface area contributed by atoms with E-state index >= 15 is 0 Å². The molecule has 0 aromatic heterocycles. The summed E-state index contributed by atoms with van der Waals surface area (Å²) in [5.74, 6) is 0. The highest BCUT2D eigenvalue weighted by Crippen LogP contribution is 2.31. The zero-order chi connectivity index (χ0) is 9.19. The zero-order valence-electron chi connectivity index (χ0n) is 8.76. The minimum absolute atomic E-state index is 0.274. The number of ether oxygens (including phenoxy) is 1. The normalized spacial score (nSPS) is 34.0. The lowest BCUT2D eigenvalue weighted by molar-refractivity contribution is -0.0254. The standard InChI is InChI=1S/C10H21NO/c1-5-12-9(2)10(3)7-6-8-11(10)4/h9H,5-8H2,1-4H3/t9-,10-/m0/s1. The summed E-state index contributed by atoms with van der Waals surface area (Å²) >= 11 is 0. The van der Waals surface area contributed by atoms with Crippen LogP contribution < -0.4 is 0 Å². The predicted molar refractivity (Wildman–Crippen MR) is 51.4 cm³/mol. The summed E-state index contributed by atoms with van der Waals surface area (Å²) in [7, 11) is 2.20. The molecule has 0 saturated carbocycles. The lowest BCUT2D eigenvalue weighted by atomic mass is 9.93. The van der Waals surface area contributed by atoms with Crippen molar-refractivity contribution < 1.29 is 4.74 Å². The number of rotatable bonds is 3. The van der Waals surface area contributed by atoms with Crippen molar-refractivity contribution >= 4 is 0 Å². The third-order valence-corrected chi connectivity index (χ3v) is 3.34. The van der Waals surface area contributed by atoms with Gasteiger partial charge < -0.3 is 4.74 Å². The highest BCUT2D eigenvalue weighted by molar-refractivity contribution is 4.94. The van der Waals surface area contributed by atoms with Crippen molar-refractivity contribution in [3.05, 3.63) is 0 Å². The molecule has 1 saturated heterocycles. The molecule has 1 rings (SSSR count). The lowest BCUT2D eigenvalue weighted by Crippen LogP contribution is -2.48. The molecule has 12 heavy (non-hydrogen) atoms. The van der Waals surface area contributed by atoms with Crippen LogP contribution in [0, 0.1) is 0 Å². The fourth-order valence-electron chi connectivity index (χ4n) is 2.06. The topological polar surface area (TPSA) is 12.5 Å². The van der Waals surface area contributed by atoms with Crippen LogP contribution in [0.25, 0.3) is 0 Å². The number of nitrogens with zero attached hydrogens (tertiary/aromatic N) is 1. The van der Waals surface area contributed by atoms with Gasteiger partial charge in [-0.05, 0) is 47.2 Å². The van der Waals surface area contributed by atoms with Crippen molar-refractivity contribution in [3.8, 4) is 0 Å². The summed E-state index contributed by atoms with van der Waals surface area (Å²) in [6.07, 6.45) is 2.93. The average molecular weight is 171 g/mol. The van der Waals surface area contributed by atoms with Gasteiger partial charge in [-0.2, -0.15) is 0 Å². The summed E-state index contributed by atoms with van der Waals surface area (Å²) in [5, 5.41) is 0. The molecule has 1 aliphatic heterocycles. The van der Waals surface area contributed by atoms with Crippen LogP contribution in [0.15, 0.2) is 0 Å². The second kappa shape index (κ2) is 3.75. The molecule has 0 aromatic carbocycles. The Morgan fingerprint density at radius 1 is 1.58 bits per heavy atom. The Labute approximate surface area is 75.9 Å². The first-order valence-electron chi connectivity index (χ1n) is 4.94. The summed E-state index contributed by atoms with van der Waals surface area (Å²) in [6.45, 7) is 8.60. The van der Waals surface area contributed by atoms with Crippen molar-refractivity contribution in [2.24, 2.45) is 0 Å². The van der Waals surface area contributed by atoms with Crippen molar-refractivity contribution in [1.82, 2.24) is 4.90 Å². The Balaban J connectivity index is 2.56. The molecule has 0 radical (unpaired) electrons. The van der Waals surface area contributed by atoms with Gasteiger partial charge in [0.25, 0.3) is 0 Å². The monoisotopic (exact) mass is 171 g/mol. The first-order chi connectivity index (χ1) is 5.61. The molecular weight excluding hydrogens is 150 g/mol. The number of hydrogen-bond acceptors (Lipinski definition) is 2. The smallest absolute Gasteiger partial charge is 0.0727 e. The van der Waals surface area contributed by atoms with Crippen LogP contribution in [-0.4, -0.2) is 36.7 Å². The van der Waals surface area contributed by atoms with E-state index < -0.39 is 0 Å². The summed E-state index contributed by atoms with van der Waals surface area (Å²) in [6, 6.07) is 0. The maximum absolute atomic E-state index is 5.66. The molecule has 0 spiro atoms. The Hall–Kier alpha value is -0.0800. The minimum atomic E-state index is 0.274. The molecule has 2 heteroatoms. The highest BCUT2D eigenvalue weighted by atomic mass is 16.5. The Kier molecular flexibility index (Phi) is 3.13. The molecule has 0 N–H and O–H groups in total. The van der Waals surface area contributed by atoms with Crippen LogP contribution in [0.2, 0.25) is 0 Å². The molecule has 0 unspecified atom stereocenters. The van der Waals surface area contributed by atoms with E-state index in [1.807, 2.05) is 0 Å². The van der Waals surface area contributed by atoms with Gasteiger partial charge in [0.2, 0.25) is 0 Å². The van der Waals surface area contributed by atoms with Gasteiger partial charge in [-0.3, -0.25) is 4.90 Å². The molecule has 1 fully saturated rings. The maximum Gasteiger partial charge on any atom is 0.0727 e. The van der Waals surface area contributed by atoms with Crippen LogP contribution >= 0.6 is 0 Å². The van der Waals surface area contributed by atoms with Crippen molar-refractivity contribution in [2.45, 2.75) is 45.3 Å². The molecule has 2 atom stereocenters. The quantitative estimate of drug-likeness (QED) is 0.643. The van der Waals surface area contributed by atoms with E-state index in [4.69, 9.17) is 4.74 Å². The van der Waals surface area contributed by atoms with E-state index in [9.17, 15) is 0 Å². The average Bonchev–Trinajstić information content (AvgIpc) is 2.34. The Bertz CT molecular complexity index is 149. The van der Waals surface area contributed by atoms with Gasteiger partial charge in [0.1, 0.15) is 0 Å². The van der Waals surface area contributed by atoms with Crippen LogP contribution in [0.1, 0.15) is 33.6 Å².